The number of aliphatic imine (C=N–C) groups is 1. The molecule has 1 heterocycles. The smallest absolute Gasteiger partial charge is 0.275 e. The van der Waals surface area contributed by atoms with Gasteiger partial charge in [-0.2, -0.15) is 0 Å². The second-order valence-electron chi connectivity index (χ2n) is 5.44. The maximum Gasteiger partial charge on any atom is 0.275 e. The maximum atomic E-state index is 12.9. The molecular weight excluding hydrogens is 291 g/mol. The molecule has 3 nitrogen and oxygen atoms in total. The summed E-state index contributed by atoms with van der Waals surface area (Å²) in [4.78, 5) is 16.4. The van der Waals surface area contributed by atoms with Gasteiger partial charge >= 0.3 is 0 Å². The lowest BCUT2D eigenvalue weighted by molar-refractivity contribution is -0.115. The van der Waals surface area contributed by atoms with Gasteiger partial charge in [0.15, 0.2) is 0 Å². The van der Waals surface area contributed by atoms with Crippen molar-refractivity contribution in [2.75, 3.05) is 0 Å². The Morgan fingerprint density at radius 3 is 2.35 bits per heavy atom. The summed E-state index contributed by atoms with van der Waals surface area (Å²) in [6.45, 7) is 2.10. The van der Waals surface area contributed by atoms with Crippen LogP contribution in [0.5, 0.6) is 0 Å². The molecule has 0 radical (unpaired) electrons. The first-order valence-corrected chi connectivity index (χ1v) is 7.58. The molecule has 23 heavy (non-hydrogen) atoms. The molecule has 2 aromatic rings. The van der Waals surface area contributed by atoms with Crippen molar-refractivity contribution in [1.82, 2.24) is 5.32 Å². The van der Waals surface area contributed by atoms with Gasteiger partial charge in [0.25, 0.3) is 5.91 Å². The van der Waals surface area contributed by atoms with Crippen molar-refractivity contribution in [1.29, 1.82) is 0 Å². The normalized spacial score (nSPS) is 15.7. The van der Waals surface area contributed by atoms with Crippen molar-refractivity contribution in [2.24, 2.45) is 4.99 Å². The molecule has 4 heteroatoms. The molecule has 0 unspecified atom stereocenters. The quantitative estimate of drug-likeness (QED) is 0.863. The molecule has 0 atom stereocenters. The summed E-state index contributed by atoms with van der Waals surface area (Å²) in [5, 5.41) is 2.76. The number of amidine groups is 1. The summed E-state index contributed by atoms with van der Waals surface area (Å²) in [6, 6.07) is 14.2. The fourth-order valence-electron chi connectivity index (χ4n) is 2.40. The van der Waals surface area contributed by atoms with E-state index in [0.717, 1.165) is 17.5 Å². The average molecular weight is 308 g/mol. The van der Waals surface area contributed by atoms with Gasteiger partial charge in [0.2, 0.25) is 0 Å². The van der Waals surface area contributed by atoms with Gasteiger partial charge in [0, 0.05) is 6.42 Å². The Kier molecular flexibility index (Phi) is 4.33. The molecule has 0 aliphatic carbocycles. The number of carbonyl (C=O) groups excluding carboxylic acids is 1. The molecular formula is C19H17FN2O. The van der Waals surface area contributed by atoms with Gasteiger partial charge in [-0.1, -0.05) is 43.3 Å². The lowest BCUT2D eigenvalue weighted by Gasteiger charge is -2.00. The van der Waals surface area contributed by atoms with Crippen LogP contribution < -0.4 is 5.32 Å². The number of nitrogens with one attached hydrogen (secondary N) is 1. The van der Waals surface area contributed by atoms with Crippen LogP contribution in [-0.4, -0.2) is 11.7 Å². The van der Waals surface area contributed by atoms with Crippen LogP contribution in [0.3, 0.4) is 0 Å². The average Bonchev–Trinajstić information content (AvgIpc) is 2.90. The lowest BCUT2D eigenvalue weighted by Crippen LogP contribution is -2.25. The maximum absolute atomic E-state index is 12.9. The number of carbonyl (C=O) groups is 1. The highest BCUT2D eigenvalue weighted by Gasteiger charge is 2.19. The van der Waals surface area contributed by atoms with E-state index >= 15 is 0 Å². The van der Waals surface area contributed by atoms with Crippen LogP contribution in [0.4, 0.5) is 4.39 Å². The highest BCUT2D eigenvalue weighted by Crippen LogP contribution is 2.15. The minimum atomic E-state index is -0.276. The second-order valence-corrected chi connectivity index (χ2v) is 5.44. The molecule has 1 amide bonds. The first kappa shape index (κ1) is 15.2. The third-order valence-electron chi connectivity index (χ3n) is 3.72. The topological polar surface area (TPSA) is 41.5 Å². The first-order chi connectivity index (χ1) is 11.1. The monoisotopic (exact) mass is 308 g/mol. The predicted octanol–water partition coefficient (Wildman–Crippen LogP) is 3.50. The van der Waals surface area contributed by atoms with Crippen LogP contribution in [0.15, 0.2) is 59.2 Å². The van der Waals surface area contributed by atoms with Gasteiger partial charge in [0.1, 0.15) is 17.3 Å². The van der Waals surface area contributed by atoms with Crippen molar-refractivity contribution in [2.45, 2.75) is 19.8 Å². The van der Waals surface area contributed by atoms with Gasteiger partial charge in [-0.3, -0.25) is 4.79 Å². The van der Waals surface area contributed by atoms with Crippen molar-refractivity contribution in [3.05, 3.63) is 76.7 Å². The van der Waals surface area contributed by atoms with Crippen molar-refractivity contribution in [3.63, 3.8) is 0 Å². The zero-order valence-electron chi connectivity index (χ0n) is 12.8. The van der Waals surface area contributed by atoms with E-state index in [2.05, 4.69) is 17.2 Å². The first-order valence-electron chi connectivity index (χ1n) is 7.58. The summed E-state index contributed by atoms with van der Waals surface area (Å²) < 4.78 is 12.9. The van der Waals surface area contributed by atoms with Gasteiger partial charge < -0.3 is 5.32 Å². The molecule has 0 spiro atoms. The number of hydrogen-bond acceptors (Lipinski definition) is 2. The van der Waals surface area contributed by atoms with E-state index in [0.29, 0.717) is 18.0 Å². The van der Waals surface area contributed by atoms with E-state index in [1.165, 1.54) is 17.7 Å². The third-order valence-corrected chi connectivity index (χ3v) is 3.72. The Morgan fingerprint density at radius 2 is 1.70 bits per heavy atom. The largest absolute Gasteiger partial charge is 0.308 e. The van der Waals surface area contributed by atoms with Crippen molar-refractivity contribution in [3.8, 4) is 0 Å². The van der Waals surface area contributed by atoms with Crippen molar-refractivity contribution >= 4 is 17.8 Å². The molecule has 2 aromatic carbocycles. The van der Waals surface area contributed by atoms with Gasteiger partial charge in [-0.05, 0) is 41.3 Å². The lowest BCUT2D eigenvalue weighted by atomic mass is 10.1. The zero-order chi connectivity index (χ0) is 16.2. The molecule has 1 N–H and O–H groups in total. The Hall–Kier alpha value is -2.75. The Bertz CT molecular complexity index is 774. The summed E-state index contributed by atoms with van der Waals surface area (Å²) in [7, 11) is 0. The second kappa shape index (κ2) is 6.57. The van der Waals surface area contributed by atoms with Gasteiger partial charge in [0.05, 0.1) is 0 Å². The van der Waals surface area contributed by atoms with Crippen LogP contribution in [0.25, 0.3) is 6.08 Å². The van der Waals surface area contributed by atoms with E-state index in [1.54, 1.807) is 18.2 Å². The molecule has 116 valence electrons. The summed E-state index contributed by atoms with van der Waals surface area (Å²) in [6.07, 6.45) is 3.22. The molecule has 0 fully saturated rings. The number of hydrogen-bond donors (Lipinski definition) is 1. The SMILES string of the molecule is CCc1ccc(/C=C2/N=C(Cc3ccc(F)cc3)NC2=O)cc1. The molecule has 0 saturated heterocycles. The van der Waals surface area contributed by atoms with Crippen LogP contribution in [0.1, 0.15) is 23.6 Å². The highest BCUT2D eigenvalue weighted by molar-refractivity contribution is 6.14. The van der Waals surface area contributed by atoms with Crippen LogP contribution >= 0.6 is 0 Å². The van der Waals surface area contributed by atoms with Gasteiger partial charge in [-0.25, -0.2) is 9.38 Å². The Balaban J connectivity index is 1.77. The zero-order valence-corrected chi connectivity index (χ0v) is 12.8. The Morgan fingerprint density at radius 1 is 1.04 bits per heavy atom. The fourth-order valence-corrected chi connectivity index (χ4v) is 2.40. The number of amides is 1. The van der Waals surface area contributed by atoms with Crippen LogP contribution in [-0.2, 0) is 17.6 Å². The van der Waals surface area contributed by atoms with E-state index < -0.39 is 0 Å². The highest BCUT2D eigenvalue weighted by atomic mass is 19.1. The molecule has 0 aromatic heterocycles. The summed E-state index contributed by atoms with van der Waals surface area (Å²) in [5.74, 6) is 0.0990. The Labute approximate surface area is 134 Å². The molecule has 3 rings (SSSR count). The molecule has 0 bridgehead atoms. The van der Waals surface area contributed by atoms with Crippen molar-refractivity contribution < 1.29 is 9.18 Å². The van der Waals surface area contributed by atoms with Crippen LogP contribution in [0, 0.1) is 5.82 Å². The molecule has 1 aliphatic rings. The molecule has 1 aliphatic heterocycles. The number of nitrogens with zero attached hydrogens (tertiary/aromatic N) is 1. The van der Waals surface area contributed by atoms with Crippen LogP contribution in [0.2, 0.25) is 0 Å². The fraction of sp³-hybridized carbons (Fsp3) is 0.158. The summed E-state index contributed by atoms with van der Waals surface area (Å²) in [5.41, 5.74) is 3.49. The van der Waals surface area contributed by atoms with E-state index in [1.807, 2.05) is 24.3 Å². The number of rotatable bonds is 4. The van der Waals surface area contributed by atoms with E-state index in [4.69, 9.17) is 0 Å². The van der Waals surface area contributed by atoms with E-state index in [-0.39, 0.29) is 11.7 Å². The minimum Gasteiger partial charge on any atom is -0.308 e. The minimum absolute atomic E-state index is 0.207. The van der Waals surface area contributed by atoms with E-state index in [9.17, 15) is 9.18 Å². The summed E-state index contributed by atoms with van der Waals surface area (Å²) >= 11 is 0. The predicted molar refractivity (Wildman–Crippen MR) is 89.5 cm³/mol. The van der Waals surface area contributed by atoms with Gasteiger partial charge in [-0.15, -0.1) is 0 Å². The standard InChI is InChI=1S/C19H17FN2O/c1-2-13-3-5-14(6-4-13)11-17-19(23)22-18(21-17)12-15-7-9-16(20)10-8-15/h3-11H,2,12H2,1H3,(H,21,22,23)/b17-11+. The molecule has 0 saturated carbocycles. The number of benzene rings is 2. The number of halogens is 1. The number of aryl methyl sites for hydroxylation is 1. The third kappa shape index (κ3) is 3.72.